The minimum absolute atomic E-state index is 0.0307. The molecular formula is C12H15N3OS. The Balaban J connectivity index is 1.79. The first-order chi connectivity index (χ1) is 8.06. The minimum atomic E-state index is -0.0307. The summed E-state index contributed by atoms with van der Waals surface area (Å²) >= 11 is 1.43. The van der Waals surface area contributed by atoms with E-state index < -0.39 is 0 Å². The van der Waals surface area contributed by atoms with Gasteiger partial charge in [-0.25, -0.2) is 4.98 Å². The van der Waals surface area contributed by atoms with E-state index in [4.69, 9.17) is 0 Å². The molecule has 1 fully saturated rings. The summed E-state index contributed by atoms with van der Waals surface area (Å²) in [6.45, 7) is 5.11. The topological polar surface area (TPSA) is 57.8 Å². The van der Waals surface area contributed by atoms with Crippen LogP contribution >= 0.6 is 11.3 Å². The van der Waals surface area contributed by atoms with Gasteiger partial charge in [-0.2, -0.15) is 0 Å². The van der Waals surface area contributed by atoms with Gasteiger partial charge in [0.25, 0.3) is 5.56 Å². The molecule has 0 radical (unpaired) electrons. The Hall–Kier alpha value is -1.20. The summed E-state index contributed by atoms with van der Waals surface area (Å²) in [6.07, 6.45) is 1.19. The van der Waals surface area contributed by atoms with Crippen molar-refractivity contribution in [1.29, 1.82) is 0 Å². The lowest BCUT2D eigenvalue weighted by atomic mass is 10.2. The second-order valence-electron chi connectivity index (χ2n) is 5.27. The molecule has 0 aliphatic heterocycles. The monoisotopic (exact) mass is 249 g/mol. The van der Waals surface area contributed by atoms with Crippen molar-refractivity contribution in [1.82, 2.24) is 15.3 Å². The number of nitrogens with one attached hydrogen (secondary N) is 2. The predicted molar refractivity (Wildman–Crippen MR) is 69.3 cm³/mol. The van der Waals surface area contributed by atoms with E-state index in [-0.39, 0.29) is 5.56 Å². The number of nitrogens with zero attached hydrogens (tertiary/aromatic N) is 1. The Bertz CT molecular complexity index is 613. The largest absolute Gasteiger partial charge is 0.308 e. The molecule has 1 atom stereocenters. The summed E-state index contributed by atoms with van der Waals surface area (Å²) in [5, 5.41) is 5.31. The van der Waals surface area contributed by atoms with Crippen molar-refractivity contribution in [2.24, 2.45) is 5.41 Å². The van der Waals surface area contributed by atoms with Crippen LogP contribution in [0.15, 0.2) is 16.2 Å². The third-order valence-electron chi connectivity index (χ3n) is 3.39. The lowest BCUT2D eigenvalue weighted by Gasteiger charge is -2.05. The van der Waals surface area contributed by atoms with Crippen LogP contribution < -0.4 is 10.9 Å². The highest BCUT2D eigenvalue weighted by molar-refractivity contribution is 7.17. The number of hydrogen-bond acceptors (Lipinski definition) is 4. The summed E-state index contributed by atoms with van der Waals surface area (Å²) in [5.41, 5.74) is 1.16. The van der Waals surface area contributed by atoms with E-state index in [9.17, 15) is 4.79 Å². The maximum atomic E-state index is 11.7. The van der Waals surface area contributed by atoms with E-state index in [1.54, 1.807) is 0 Å². The third kappa shape index (κ3) is 2.00. The van der Waals surface area contributed by atoms with Gasteiger partial charge in [0, 0.05) is 6.04 Å². The molecule has 0 spiro atoms. The van der Waals surface area contributed by atoms with Crippen LogP contribution in [-0.2, 0) is 6.54 Å². The first-order valence-electron chi connectivity index (χ1n) is 5.76. The Labute approximate surface area is 103 Å². The number of aromatic amines is 1. The summed E-state index contributed by atoms with van der Waals surface area (Å²) in [5.74, 6) is 0.726. The molecule has 1 unspecified atom stereocenters. The number of fused-ring (bicyclic) bond motifs is 1. The normalized spacial score (nSPS) is 21.9. The molecule has 0 bridgehead atoms. The summed E-state index contributed by atoms with van der Waals surface area (Å²) in [7, 11) is 0. The van der Waals surface area contributed by atoms with Gasteiger partial charge in [0.1, 0.15) is 10.5 Å². The van der Waals surface area contributed by atoms with Crippen molar-refractivity contribution in [2.45, 2.75) is 32.9 Å². The highest BCUT2D eigenvalue weighted by Crippen LogP contribution is 2.44. The first kappa shape index (κ1) is 10.9. The maximum absolute atomic E-state index is 11.7. The van der Waals surface area contributed by atoms with Gasteiger partial charge < -0.3 is 10.3 Å². The molecule has 2 N–H and O–H groups in total. The molecule has 2 aromatic rings. The standard InChI is InChI=1S/C12H15N3OS/c1-12(2)5-8(12)13-6-9-14-7-3-4-17-10(7)11(16)15-9/h3-4,8,13H,5-6H2,1-2H3,(H,14,15,16). The molecule has 2 aromatic heterocycles. The van der Waals surface area contributed by atoms with Crippen LogP contribution in [0.5, 0.6) is 0 Å². The molecule has 0 aromatic carbocycles. The molecule has 5 heteroatoms. The van der Waals surface area contributed by atoms with Crippen LogP contribution in [-0.4, -0.2) is 16.0 Å². The lowest BCUT2D eigenvalue weighted by molar-refractivity contribution is 0.534. The van der Waals surface area contributed by atoms with Crippen LogP contribution in [0.3, 0.4) is 0 Å². The molecule has 1 saturated carbocycles. The zero-order valence-corrected chi connectivity index (χ0v) is 10.7. The van der Waals surface area contributed by atoms with Gasteiger partial charge in [0.15, 0.2) is 0 Å². The Morgan fingerprint density at radius 3 is 3.12 bits per heavy atom. The summed E-state index contributed by atoms with van der Waals surface area (Å²) < 4.78 is 0.709. The summed E-state index contributed by atoms with van der Waals surface area (Å²) in [4.78, 5) is 19.0. The minimum Gasteiger partial charge on any atom is -0.308 e. The molecule has 0 amide bonds. The number of H-pyrrole nitrogens is 1. The van der Waals surface area contributed by atoms with Gasteiger partial charge in [-0.15, -0.1) is 11.3 Å². The Morgan fingerprint density at radius 1 is 1.65 bits per heavy atom. The summed E-state index contributed by atoms with van der Waals surface area (Å²) in [6, 6.07) is 2.44. The molecule has 1 aliphatic carbocycles. The average molecular weight is 249 g/mol. The van der Waals surface area contributed by atoms with Crippen LogP contribution in [0, 0.1) is 5.41 Å². The molecule has 3 rings (SSSR count). The van der Waals surface area contributed by atoms with Crippen molar-refractivity contribution in [3.8, 4) is 0 Å². The van der Waals surface area contributed by atoms with Crippen LogP contribution in [0.25, 0.3) is 10.2 Å². The van der Waals surface area contributed by atoms with Crippen LogP contribution in [0.1, 0.15) is 26.1 Å². The molecule has 2 heterocycles. The van der Waals surface area contributed by atoms with Crippen LogP contribution in [0.2, 0.25) is 0 Å². The highest BCUT2D eigenvalue weighted by atomic mass is 32.1. The van der Waals surface area contributed by atoms with E-state index in [1.807, 2.05) is 11.4 Å². The smallest absolute Gasteiger partial charge is 0.268 e. The lowest BCUT2D eigenvalue weighted by Crippen LogP contribution is -2.23. The molecule has 90 valence electrons. The number of rotatable bonds is 3. The molecule has 0 saturated heterocycles. The van der Waals surface area contributed by atoms with Crippen molar-refractivity contribution in [3.63, 3.8) is 0 Å². The average Bonchev–Trinajstić information content (AvgIpc) is 2.70. The van der Waals surface area contributed by atoms with Gasteiger partial charge in [-0.1, -0.05) is 13.8 Å². The zero-order valence-electron chi connectivity index (χ0n) is 9.91. The highest BCUT2D eigenvalue weighted by Gasteiger charge is 2.45. The third-order valence-corrected chi connectivity index (χ3v) is 4.30. The fourth-order valence-corrected chi connectivity index (χ4v) is 2.77. The van der Waals surface area contributed by atoms with E-state index in [1.165, 1.54) is 17.8 Å². The first-order valence-corrected chi connectivity index (χ1v) is 6.64. The van der Waals surface area contributed by atoms with Crippen molar-refractivity contribution < 1.29 is 0 Å². The van der Waals surface area contributed by atoms with Gasteiger partial charge in [0.2, 0.25) is 0 Å². The fourth-order valence-electron chi connectivity index (χ4n) is 2.04. The van der Waals surface area contributed by atoms with Gasteiger partial charge in [0.05, 0.1) is 12.1 Å². The van der Waals surface area contributed by atoms with Crippen molar-refractivity contribution in [3.05, 3.63) is 27.6 Å². The second-order valence-corrected chi connectivity index (χ2v) is 6.19. The number of thiophene rings is 1. The number of hydrogen-bond donors (Lipinski definition) is 2. The molecular weight excluding hydrogens is 234 g/mol. The maximum Gasteiger partial charge on any atom is 0.268 e. The van der Waals surface area contributed by atoms with Crippen LogP contribution in [0.4, 0.5) is 0 Å². The molecule has 17 heavy (non-hydrogen) atoms. The van der Waals surface area contributed by atoms with E-state index >= 15 is 0 Å². The van der Waals surface area contributed by atoms with Crippen molar-refractivity contribution in [2.75, 3.05) is 0 Å². The molecule has 1 aliphatic rings. The fraction of sp³-hybridized carbons (Fsp3) is 0.500. The Morgan fingerprint density at radius 2 is 2.41 bits per heavy atom. The molecule has 4 nitrogen and oxygen atoms in total. The van der Waals surface area contributed by atoms with Gasteiger partial charge >= 0.3 is 0 Å². The zero-order chi connectivity index (χ0) is 12.0. The predicted octanol–water partition coefficient (Wildman–Crippen LogP) is 1.87. The Kier molecular flexibility index (Phi) is 2.34. The van der Waals surface area contributed by atoms with Gasteiger partial charge in [-0.3, -0.25) is 4.79 Å². The van der Waals surface area contributed by atoms with E-state index in [0.717, 1.165) is 11.3 Å². The van der Waals surface area contributed by atoms with E-state index in [2.05, 4.69) is 29.1 Å². The number of aromatic nitrogens is 2. The quantitative estimate of drug-likeness (QED) is 0.873. The van der Waals surface area contributed by atoms with Gasteiger partial charge in [-0.05, 0) is 23.3 Å². The second kappa shape index (κ2) is 3.65. The van der Waals surface area contributed by atoms with Crippen molar-refractivity contribution >= 4 is 21.6 Å². The SMILES string of the molecule is CC1(C)CC1NCc1nc2ccsc2c(=O)[nH]1. The van der Waals surface area contributed by atoms with E-state index in [0.29, 0.717) is 22.7 Å².